The van der Waals surface area contributed by atoms with Crippen molar-refractivity contribution in [2.75, 3.05) is 38.1 Å². The molecular weight excluding hydrogens is 229 g/mol. The molecule has 1 aliphatic rings. The quantitative estimate of drug-likeness (QED) is 0.872. The van der Waals surface area contributed by atoms with Crippen LogP contribution in [0.1, 0.15) is 24.9 Å². The Morgan fingerprint density at radius 1 is 1.22 bits per heavy atom. The van der Waals surface area contributed by atoms with Crippen LogP contribution in [0.25, 0.3) is 0 Å². The molecule has 0 unspecified atom stereocenters. The molecule has 1 heterocycles. The molecule has 1 aliphatic heterocycles. The Kier molecular flexibility index (Phi) is 4.19. The summed E-state index contributed by atoms with van der Waals surface area (Å²) in [6.07, 6.45) is 1.13. The first-order chi connectivity index (χ1) is 8.58. The van der Waals surface area contributed by atoms with Crippen LogP contribution in [0.15, 0.2) is 18.2 Å². The van der Waals surface area contributed by atoms with Crippen molar-refractivity contribution in [2.45, 2.75) is 19.4 Å². The van der Waals surface area contributed by atoms with Gasteiger partial charge in [-0.3, -0.25) is 0 Å². The van der Waals surface area contributed by atoms with E-state index in [1.54, 1.807) is 6.07 Å². The summed E-state index contributed by atoms with van der Waals surface area (Å²) in [4.78, 5) is 4.65. The van der Waals surface area contributed by atoms with E-state index < -0.39 is 0 Å². The highest BCUT2D eigenvalue weighted by Crippen LogP contribution is 2.27. The molecular formula is C14H22FN3. The first-order valence-corrected chi connectivity index (χ1v) is 6.56. The average Bonchev–Trinajstić information content (AvgIpc) is 2.54. The van der Waals surface area contributed by atoms with Crippen LogP contribution < -0.4 is 10.6 Å². The van der Waals surface area contributed by atoms with E-state index in [0.29, 0.717) is 0 Å². The summed E-state index contributed by atoms with van der Waals surface area (Å²) in [6, 6.07) is 4.81. The molecule has 0 saturated carbocycles. The molecule has 0 spiro atoms. The molecule has 1 aromatic rings. The number of halogens is 1. The zero-order chi connectivity index (χ0) is 13.1. The molecule has 0 aromatic heterocycles. The summed E-state index contributed by atoms with van der Waals surface area (Å²) in [5.41, 5.74) is 7.94. The van der Waals surface area contributed by atoms with E-state index in [4.69, 9.17) is 5.73 Å². The molecule has 1 saturated heterocycles. The number of nitrogens with zero attached hydrogens (tertiary/aromatic N) is 2. The molecule has 0 radical (unpaired) electrons. The molecule has 3 nitrogen and oxygen atoms in total. The third kappa shape index (κ3) is 3.00. The van der Waals surface area contributed by atoms with Crippen molar-refractivity contribution < 1.29 is 4.39 Å². The topological polar surface area (TPSA) is 32.5 Å². The van der Waals surface area contributed by atoms with Gasteiger partial charge in [0.2, 0.25) is 0 Å². The second-order valence-corrected chi connectivity index (χ2v) is 5.14. The van der Waals surface area contributed by atoms with Crippen molar-refractivity contribution in [3.8, 4) is 0 Å². The maximum Gasteiger partial charge on any atom is 0.123 e. The minimum atomic E-state index is -0.210. The number of rotatable bonds is 2. The molecule has 2 rings (SSSR count). The van der Waals surface area contributed by atoms with Crippen molar-refractivity contribution in [1.29, 1.82) is 0 Å². The molecule has 0 amide bonds. The van der Waals surface area contributed by atoms with Gasteiger partial charge in [-0.2, -0.15) is 0 Å². The van der Waals surface area contributed by atoms with E-state index in [1.165, 1.54) is 6.07 Å². The van der Waals surface area contributed by atoms with Gasteiger partial charge in [-0.25, -0.2) is 4.39 Å². The van der Waals surface area contributed by atoms with Gasteiger partial charge in [-0.05, 0) is 50.7 Å². The maximum absolute atomic E-state index is 13.3. The van der Waals surface area contributed by atoms with Crippen molar-refractivity contribution in [1.82, 2.24) is 4.90 Å². The zero-order valence-electron chi connectivity index (χ0n) is 11.2. The summed E-state index contributed by atoms with van der Waals surface area (Å²) >= 11 is 0. The number of nitrogens with two attached hydrogens (primary N) is 1. The van der Waals surface area contributed by atoms with Gasteiger partial charge in [0.05, 0.1) is 0 Å². The Morgan fingerprint density at radius 3 is 2.72 bits per heavy atom. The van der Waals surface area contributed by atoms with Crippen LogP contribution in [0.2, 0.25) is 0 Å². The van der Waals surface area contributed by atoms with E-state index in [1.807, 2.05) is 13.0 Å². The summed E-state index contributed by atoms with van der Waals surface area (Å²) in [5, 5.41) is 0. The van der Waals surface area contributed by atoms with Crippen LogP contribution in [0.4, 0.5) is 10.1 Å². The summed E-state index contributed by atoms with van der Waals surface area (Å²) < 4.78 is 13.3. The molecule has 1 aromatic carbocycles. The van der Waals surface area contributed by atoms with Crippen LogP contribution in [-0.2, 0) is 0 Å². The van der Waals surface area contributed by atoms with Crippen molar-refractivity contribution in [2.24, 2.45) is 5.73 Å². The summed E-state index contributed by atoms with van der Waals surface area (Å²) in [7, 11) is 2.14. The predicted molar refractivity (Wildman–Crippen MR) is 73.3 cm³/mol. The normalized spacial score (nSPS) is 19.7. The van der Waals surface area contributed by atoms with Crippen molar-refractivity contribution in [3.63, 3.8) is 0 Å². The summed E-state index contributed by atoms with van der Waals surface area (Å²) in [6.45, 7) is 6.04. The molecule has 1 atom stereocenters. The van der Waals surface area contributed by atoms with Gasteiger partial charge in [0.15, 0.2) is 0 Å². The molecule has 0 bridgehead atoms. The van der Waals surface area contributed by atoms with Gasteiger partial charge in [0.25, 0.3) is 0 Å². The first-order valence-electron chi connectivity index (χ1n) is 6.56. The minimum absolute atomic E-state index is 0.142. The number of anilines is 1. The fourth-order valence-corrected chi connectivity index (χ4v) is 2.47. The largest absolute Gasteiger partial charge is 0.370 e. The van der Waals surface area contributed by atoms with E-state index in [-0.39, 0.29) is 11.9 Å². The van der Waals surface area contributed by atoms with E-state index in [2.05, 4.69) is 16.8 Å². The zero-order valence-corrected chi connectivity index (χ0v) is 11.2. The number of benzene rings is 1. The molecule has 2 N–H and O–H groups in total. The van der Waals surface area contributed by atoms with Gasteiger partial charge in [0, 0.05) is 31.4 Å². The lowest BCUT2D eigenvalue weighted by atomic mass is 10.1. The Morgan fingerprint density at radius 2 is 2.00 bits per heavy atom. The smallest absolute Gasteiger partial charge is 0.123 e. The van der Waals surface area contributed by atoms with E-state index >= 15 is 0 Å². The minimum Gasteiger partial charge on any atom is -0.370 e. The lowest BCUT2D eigenvalue weighted by Gasteiger charge is -2.26. The van der Waals surface area contributed by atoms with Crippen LogP contribution in [0.5, 0.6) is 0 Å². The highest BCUT2D eigenvalue weighted by Gasteiger charge is 2.17. The average molecular weight is 251 g/mol. The van der Waals surface area contributed by atoms with Gasteiger partial charge in [0.1, 0.15) is 5.82 Å². The third-order valence-corrected chi connectivity index (χ3v) is 3.54. The van der Waals surface area contributed by atoms with Crippen molar-refractivity contribution >= 4 is 5.69 Å². The Balaban J connectivity index is 2.26. The lowest BCUT2D eigenvalue weighted by Crippen LogP contribution is -2.30. The number of hydrogen-bond donors (Lipinski definition) is 1. The first kappa shape index (κ1) is 13.3. The Labute approximate surface area is 108 Å². The summed E-state index contributed by atoms with van der Waals surface area (Å²) in [5.74, 6) is -0.210. The van der Waals surface area contributed by atoms with Crippen LogP contribution in [0.3, 0.4) is 0 Å². The molecule has 18 heavy (non-hydrogen) atoms. The second kappa shape index (κ2) is 5.67. The van der Waals surface area contributed by atoms with E-state index in [9.17, 15) is 4.39 Å². The van der Waals surface area contributed by atoms with Crippen LogP contribution >= 0.6 is 0 Å². The van der Waals surface area contributed by atoms with Crippen LogP contribution in [-0.4, -0.2) is 38.1 Å². The SMILES string of the molecule is C[C@@H](N)c1cc(F)ccc1N1CCCN(C)CC1. The fourth-order valence-electron chi connectivity index (χ4n) is 2.47. The second-order valence-electron chi connectivity index (χ2n) is 5.14. The number of hydrogen-bond acceptors (Lipinski definition) is 3. The van der Waals surface area contributed by atoms with Crippen LogP contribution in [0, 0.1) is 5.82 Å². The lowest BCUT2D eigenvalue weighted by molar-refractivity contribution is 0.360. The molecule has 0 aliphatic carbocycles. The highest BCUT2D eigenvalue weighted by atomic mass is 19.1. The van der Waals surface area contributed by atoms with Gasteiger partial charge >= 0.3 is 0 Å². The van der Waals surface area contributed by atoms with Gasteiger partial charge < -0.3 is 15.5 Å². The fraction of sp³-hybridized carbons (Fsp3) is 0.571. The third-order valence-electron chi connectivity index (χ3n) is 3.54. The predicted octanol–water partition coefficient (Wildman–Crippen LogP) is 1.99. The van der Waals surface area contributed by atoms with Gasteiger partial charge in [-0.1, -0.05) is 0 Å². The van der Waals surface area contributed by atoms with Gasteiger partial charge in [-0.15, -0.1) is 0 Å². The Hall–Kier alpha value is -1.13. The monoisotopic (exact) mass is 251 g/mol. The maximum atomic E-state index is 13.3. The van der Waals surface area contributed by atoms with Crippen molar-refractivity contribution in [3.05, 3.63) is 29.6 Å². The standard InChI is InChI=1S/C14H22FN3/c1-11(16)13-10-12(15)4-5-14(13)18-7-3-6-17(2)8-9-18/h4-5,10-11H,3,6-9,16H2,1-2H3/t11-/m1/s1. The number of likely N-dealkylation sites (N-methyl/N-ethyl adjacent to an activating group) is 1. The molecule has 100 valence electrons. The molecule has 4 heteroatoms. The Bertz CT molecular complexity index is 406. The molecule has 1 fully saturated rings. The van der Waals surface area contributed by atoms with E-state index in [0.717, 1.165) is 43.9 Å². The highest BCUT2D eigenvalue weighted by molar-refractivity contribution is 5.55.